The largest absolute Gasteiger partial charge is 0.497 e. The van der Waals surface area contributed by atoms with E-state index in [1.165, 1.54) is 43.5 Å². The van der Waals surface area contributed by atoms with Crippen LogP contribution in [0, 0.1) is 21.4 Å². The molecule has 33 heavy (non-hydrogen) atoms. The summed E-state index contributed by atoms with van der Waals surface area (Å²) in [6.45, 7) is 0. The van der Waals surface area contributed by atoms with Gasteiger partial charge in [0.25, 0.3) is 11.6 Å². The topological polar surface area (TPSA) is 132 Å². The Morgan fingerprint density at radius 2 is 1.76 bits per heavy atom. The molecule has 0 saturated carbocycles. The summed E-state index contributed by atoms with van der Waals surface area (Å²) in [6.07, 6.45) is 1.39. The predicted octanol–water partition coefficient (Wildman–Crippen LogP) is 4.37. The van der Waals surface area contributed by atoms with Gasteiger partial charge in [0.1, 0.15) is 23.1 Å². The van der Waals surface area contributed by atoms with E-state index in [1.54, 1.807) is 36.4 Å². The van der Waals surface area contributed by atoms with E-state index in [0.717, 1.165) is 6.07 Å². The maximum absolute atomic E-state index is 12.4. The SMILES string of the molecule is COc1cccc(NC(=O)/C(C#N)=C/c2ccc(OC(=O)c3cccc([N+](=O)[O-])c3)cc2)c1. The van der Waals surface area contributed by atoms with Crippen LogP contribution < -0.4 is 14.8 Å². The number of non-ortho nitro benzene ring substituents is 1. The zero-order valence-electron chi connectivity index (χ0n) is 17.3. The van der Waals surface area contributed by atoms with Crippen LogP contribution in [0.1, 0.15) is 15.9 Å². The number of hydrogen-bond donors (Lipinski definition) is 1. The Labute approximate surface area is 188 Å². The van der Waals surface area contributed by atoms with Gasteiger partial charge in [-0.15, -0.1) is 0 Å². The smallest absolute Gasteiger partial charge is 0.343 e. The molecule has 3 aromatic carbocycles. The Kier molecular flexibility index (Phi) is 7.13. The lowest BCUT2D eigenvalue weighted by atomic mass is 10.1. The minimum Gasteiger partial charge on any atom is -0.497 e. The van der Waals surface area contributed by atoms with Gasteiger partial charge in [-0.25, -0.2) is 4.79 Å². The highest BCUT2D eigenvalue weighted by Gasteiger charge is 2.14. The fourth-order valence-electron chi connectivity index (χ4n) is 2.76. The number of ether oxygens (including phenoxy) is 2. The molecule has 1 amide bonds. The van der Waals surface area contributed by atoms with Gasteiger partial charge in [-0.1, -0.05) is 24.3 Å². The first kappa shape index (κ1) is 22.7. The highest BCUT2D eigenvalue weighted by Crippen LogP contribution is 2.20. The minimum atomic E-state index is -0.752. The molecule has 0 fully saturated rings. The molecule has 3 rings (SSSR count). The second-order valence-corrected chi connectivity index (χ2v) is 6.62. The van der Waals surface area contributed by atoms with E-state index in [2.05, 4.69) is 5.32 Å². The van der Waals surface area contributed by atoms with Crippen LogP contribution in [0.2, 0.25) is 0 Å². The van der Waals surface area contributed by atoms with E-state index in [0.29, 0.717) is 17.0 Å². The number of benzene rings is 3. The molecule has 0 atom stereocenters. The Hall–Kier alpha value is -4.97. The van der Waals surface area contributed by atoms with Crippen molar-refractivity contribution in [2.24, 2.45) is 0 Å². The van der Waals surface area contributed by atoms with E-state index >= 15 is 0 Å². The highest BCUT2D eigenvalue weighted by atomic mass is 16.6. The van der Waals surface area contributed by atoms with Gasteiger partial charge in [-0.05, 0) is 42.0 Å². The summed E-state index contributed by atoms with van der Waals surface area (Å²) in [5, 5.41) is 22.9. The summed E-state index contributed by atoms with van der Waals surface area (Å²) in [5.41, 5.74) is 0.695. The van der Waals surface area contributed by atoms with Gasteiger partial charge in [-0.2, -0.15) is 5.26 Å². The van der Waals surface area contributed by atoms with Gasteiger partial charge in [0.05, 0.1) is 17.6 Å². The van der Waals surface area contributed by atoms with Gasteiger partial charge >= 0.3 is 5.97 Å². The van der Waals surface area contributed by atoms with Gasteiger partial charge < -0.3 is 14.8 Å². The van der Waals surface area contributed by atoms with Crippen LogP contribution in [-0.4, -0.2) is 23.9 Å². The van der Waals surface area contributed by atoms with Crippen molar-refractivity contribution in [1.29, 1.82) is 5.26 Å². The summed E-state index contributed by atoms with van der Waals surface area (Å²) in [6, 6.07) is 19.9. The fraction of sp³-hybridized carbons (Fsp3) is 0.0417. The molecule has 0 unspecified atom stereocenters. The van der Waals surface area contributed by atoms with Crippen LogP contribution in [0.15, 0.2) is 78.4 Å². The Morgan fingerprint density at radius 1 is 1.03 bits per heavy atom. The summed E-state index contributed by atoms with van der Waals surface area (Å²) in [7, 11) is 1.51. The first-order valence-electron chi connectivity index (χ1n) is 9.53. The number of nitrogens with zero attached hydrogens (tertiary/aromatic N) is 2. The first-order valence-corrected chi connectivity index (χ1v) is 9.53. The van der Waals surface area contributed by atoms with Crippen molar-refractivity contribution in [2.75, 3.05) is 12.4 Å². The van der Waals surface area contributed by atoms with Crippen LogP contribution in [0.5, 0.6) is 11.5 Å². The van der Waals surface area contributed by atoms with Crippen LogP contribution in [-0.2, 0) is 4.79 Å². The lowest BCUT2D eigenvalue weighted by Crippen LogP contribution is -2.13. The molecule has 0 saturated heterocycles. The monoisotopic (exact) mass is 443 g/mol. The van der Waals surface area contributed by atoms with Crippen LogP contribution >= 0.6 is 0 Å². The zero-order valence-corrected chi connectivity index (χ0v) is 17.3. The van der Waals surface area contributed by atoms with Crippen LogP contribution in [0.4, 0.5) is 11.4 Å². The van der Waals surface area contributed by atoms with Gasteiger partial charge in [0.2, 0.25) is 0 Å². The van der Waals surface area contributed by atoms with Crippen molar-refractivity contribution in [3.63, 3.8) is 0 Å². The Balaban J connectivity index is 1.69. The molecular formula is C24H17N3O6. The lowest BCUT2D eigenvalue weighted by molar-refractivity contribution is -0.384. The van der Waals surface area contributed by atoms with Crippen molar-refractivity contribution in [3.8, 4) is 17.6 Å². The van der Waals surface area contributed by atoms with Crippen molar-refractivity contribution < 1.29 is 24.0 Å². The summed E-state index contributed by atoms with van der Waals surface area (Å²) in [4.78, 5) is 34.9. The third-order valence-corrected chi connectivity index (χ3v) is 4.39. The Bertz CT molecular complexity index is 1280. The quantitative estimate of drug-likeness (QED) is 0.143. The van der Waals surface area contributed by atoms with Crippen LogP contribution in [0.3, 0.4) is 0 Å². The number of nitro groups is 1. The number of nitro benzene ring substituents is 1. The number of carbonyl (C=O) groups excluding carboxylic acids is 2. The average molecular weight is 443 g/mol. The molecule has 1 N–H and O–H groups in total. The molecule has 0 aliphatic rings. The van der Waals surface area contributed by atoms with Crippen molar-refractivity contribution >= 4 is 29.3 Å². The van der Waals surface area contributed by atoms with E-state index in [-0.39, 0.29) is 22.6 Å². The molecule has 0 spiro atoms. The first-order chi connectivity index (χ1) is 15.9. The normalized spacial score (nSPS) is 10.6. The fourth-order valence-corrected chi connectivity index (χ4v) is 2.76. The molecule has 0 aliphatic heterocycles. The number of methoxy groups -OCH3 is 1. The predicted molar refractivity (Wildman–Crippen MR) is 120 cm³/mol. The molecule has 9 nitrogen and oxygen atoms in total. The van der Waals surface area contributed by atoms with Gasteiger partial charge in [-0.3, -0.25) is 14.9 Å². The maximum atomic E-state index is 12.4. The molecule has 0 heterocycles. The second-order valence-electron chi connectivity index (χ2n) is 6.62. The molecule has 0 bridgehead atoms. The number of nitriles is 1. The molecule has 0 aromatic heterocycles. The molecule has 0 aliphatic carbocycles. The molecule has 0 radical (unpaired) electrons. The molecule has 164 valence electrons. The number of rotatable bonds is 7. The average Bonchev–Trinajstić information content (AvgIpc) is 2.83. The number of anilines is 1. The summed E-state index contributed by atoms with van der Waals surface area (Å²) in [5.74, 6) is -0.585. The number of hydrogen-bond acceptors (Lipinski definition) is 7. The van der Waals surface area contributed by atoms with E-state index < -0.39 is 16.8 Å². The van der Waals surface area contributed by atoms with Crippen LogP contribution in [0.25, 0.3) is 6.08 Å². The number of amides is 1. The molecule has 9 heteroatoms. The molecular weight excluding hydrogens is 426 g/mol. The minimum absolute atomic E-state index is 0.0363. The van der Waals surface area contributed by atoms with Crippen molar-refractivity contribution in [1.82, 2.24) is 0 Å². The van der Waals surface area contributed by atoms with E-state index in [9.17, 15) is 25.0 Å². The standard InChI is InChI=1S/C24H17N3O6/c1-32-22-7-3-5-19(14-22)26-23(28)18(15-25)12-16-8-10-21(11-9-16)33-24(29)17-4-2-6-20(13-17)27(30)31/h2-14H,1H3,(H,26,28)/b18-12+. The maximum Gasteiger partial charge on any atom is 0.343 e. The van der Waals surface area contributed by atoms with Crippen molar-refractivity contribution in [2.45, 2.75) is 0 Å². The van der Waals surface area contributed by atoms with E-state index in [4.69, 9.17) is 9.47 Å². The third-order valence-electron chi connectivity index (χ3n) is 4.39. The number of carbonyl (C=O) groups is 2. The van der Waals surface area contributed by atoms with Gasteiger partial charge in [0, 0.05) is 23.9 Å². The summed E-state index contributed by atoms with van der Waals surface area (Å²) >= 11 is 0. The summed E-state index contributed by atoms with van der Waals surface area (Å²) < 4.78 is 10.3. The van der Waals surface area contributed by atoms with Crippen molar-refractivity contribution in [3.05, 3.63) is 99.6 Å². The van der Waals surface area contributed by atoms with Gasteiger partial charge in [0.15, 0.2) is 0 Å². The van der Waals surface area contributed by atoms with E-state index in [1.807, 2.05) is 6.07 Å². The number of esters is 1. The Morgan fingerprint density at radius 3 is 2.42 bits per heavy atom. The highest BCUT2D eigenvalue weighted by molar-refractivity contribution is 6.09. The lowest BCUT2D eigenvalue weighted by Gasteiger charge is -2.07. The number of nitrogens with one attached hydrogen (secondary N) is 1. The molecule has 3 aromatic rings. The third kappa shape index (κ3) is 6.02. The zero-order chi connectivity index (χ0) is 23.8. The second kappa shape index (κ2) is 10.4.